The number of piperazine rings is 1. The fourth-order valence-corrected chi connectivity index (χ4v) is 2.17. The Kier molecular flexibility index (Phi) is 5.72. The molecule has 0 atom stereocenters. The zero-order valence-corrected chi connectivity index (χ0v) is 12.9. The number of nitrogens with zero attached hydrogens (tertiary/aromatic N) is 2. The molecule has 1 heterocycles. The van der Waals surface area contributed by atoms with E-state index in [1.165, 1.54) is 6.92 Å². The number of carbonyl (C=O) groups excluding carboxylic acids is 2. The van der Waals surface area contributed by atoms with Gasteiger partial charge in [-0.2, -0.15) is 5.26 Å². The number of hydrogen-bond acceptors (Lipinski definition) is 5. The molecule has 1 aliphatic rings. The van der Waals surface area contributed by atoms with Crippen molar-refractivity contribution in [3.63, 3.8) is 0 Å². The highest BCUT2D eigenvalue weighted by molar-refractivity contribution is 6.06. The van der Waals surface area contributed by atoms with Crippen LogP contribution in [0.1, 0.15) is 6.92 Å². The van der Waals surface area contributed by atoms with E-state index in [0.717, 1.165) is 26.2 Å². The highest BCUT2D eigenvalue weighted by Crippen LogP contribution is 2.14. The van der Waals surface area contributed by atoms with Gasteiger partial charge in [0.05, 0.1) is 0 Å². The number of amides is 2. The van der Waals surface area contributed by atoms with Crippen molar-refractivity contribution in [2.75, 3.05) is 36.8 Å². The van der Waals surface area contributed by atoms with Crippen molar-refractivity contribution in [3.8, 4) is 6.07 Å². The first kappa shape index (κ1) is 16.5. The lowest BCUT2D eigenvalue weighted by atomic mass is 10.2. The van der Waals surface area contributed by atoms with E-state index in [4.69, 9.17) is 0 Å². The van der Waals surface area contributed by atoms with Crippen molar-refractivity contribution in [3.05, 3.63) is 36.0 Å². The molecular weight excluding hydrogens is 294 g/mol. The van der Waals surface area contributed by atoms with Crippen molar-refractivity contribution >= 4 is 23.2 Å². The van der Waals surface area contributed by atoms with E-state index in [1.807, 2.05) is 11.0 Å². The number of rotatable bonds is 4. The maximum atomic E-state index is 12.2. The van der Waals surface area contributed by atoms with Crippen LogP contribution in [0.2, 0.25) is 0 Å². The van der Waals surface area contributed by atoms with Gasteiger partial charge < -0.3 is 20.9 Å². The van der Waals surface area contributed by atoms with Crippen LogP contribution in [0.25, 0.3) is 0 Å². The zero-order chi connectivity index (χ0) is 16.7. The standard InChI is InChI=1S/C16H19N5O2/c1-12(22)19-14-2-4-15(5-3-14)20-16(23)13(10-17)11-21-8-6-18-7-9-21/h2-5,11,18H,6-9H2,1H3,(H,19,22)(H,20,23)/b13-11-. The van der Waals surface area contributed by atoms with E-state index in [1.54, 1.807) is 30.5 Å². The fraction of sp³-hybridized carbons (Fsp3) is 0.312. The summed E-state index contributed by atoms with van der Waals surface area (Å²) in [6, 6.07) is 8.64. The van der Waals surface area contributed by atoms with Crippen molar-refractivity contribution in [1.82, 2.24) is 10.2 Å². The first-order chi connectivity index (χ1) is 11.1. The SMILES string of the molecule is CC(=O)Nc1ccc(NC(=O)/C(C#N)=C\N2CCNCC2)cc1. The summed E-state index contributed by atoms with van der Waals surface area (Å²) in [6.07, 6.45) is 1.60. The lowest BCUT2D eigenvalue weighted by Crippen LogP contribution is -2.41. The molecule has 2 rings (SSSR count). The van der Waals surface area contributed by atoms with Gasteiger partial charge in [-0.15, -0.1) is 0 Å². The summed E-state index contributed by atoms with van der Waals surface area (Å²) in [5, 5.41) is 17.7. The summed E-state index contributed by atoms with van der Waals surface area (Å²) in [5.74, 6) is -0.606. The Morgan fingerprint density at radius 1 is 1.17 bits per heavy atom. The predicted molar refractivity (Wildman–Crippen MR) is 87.5 cm³/mol. The van der Waals surface area contributed by atoms with Gasteiger partial charge in [0.1, 0.15) is 11.6 Å². The first-order valence-corrected chi connectivity index (χ1v) is 7.34. The number of nitriles is 1. The summed E-state index contributed by atoms with van der Waals surface area (Å²) in [5.41, 5.74) is 1.27. The van der Waals surface area contributed by atoms with E-state index >= 15 is 0 Å². The monoisotopic (exact) mass is 313 g/mol. The number of carbonyl (C=O) groups is 2. The Morgan fingerprint density at radius 3 is 2.26 bits per heavy atom. The van der Waals surface area contributed by atoms with Crippen LogP contribution >= 0.6 is 0 Å². The minimum Gasteiger partial charge on any atom is -0.374 e. The zero-order valence-electron chi connectivity index (χ0n) is 12.9. The maximum Gasteiger partial charge on any atom is 0.267 e. The van der Waals surface area contributed by atoms with Gasteiger partial charge in [0.15, 0.2) is 0 Å². The molecule has 7 heteroatoms. The molecule has 7 nitrogen and oxygen atoms in total. The lowest BCUT2D eigenvalue weighted by molar-refractivity contribution is -0.114. The van der Waals surface area contributed by atoms with Crippen molar-refractivity contribution in [2.45, 2.75) is 6.92 Å². The molecule has 3 N–H and O–H groups in total. The first-order valence-electron chi connectivity index (χ1n) is 7.34. The number of hydrogen-bond donors (Lipinski definition) is 3. The van der Waals surface area contributed by atoms with Gasteiger partial charge in [0, 0.05) is 50.7 Å². The summed E-state index contributed by atoms with van der Waals surface area (Å²) < 4.78 is 0. The molecule has 0 unspecified atom stereocenters. The normalized spacial score (nSPS) is 14.8. The van der Waals surface area contributed by atoms with Gasteiger partial charge >= 0.3 is 0 Å². The highest BCUT2D eigenvalue weighted by atomic mass is 16.2. The summed E-state index contributed by atoms with van der Waals surface area (Å²) in [6.45, 7) is 4.63. The molecule has 1 saturated heterocycles. The Labute approximate surface area is 135 Å². The number of anilines is 2. The third-order valence-corrected chi connectivity index (χ3v) is 3.29. The molecule has 0 spiro atoms. The van der Waals surface area contributed by atoms with Crippen molar-refractivity contribution in [2.24, 2.45) is 0 Å². The van der Waals surface area contributed by atoms with E-state index < -0.39 is 5.91 Å². The topological polar surface area (TPSA) is 97.3 Å². The van der Waals surface area contributed by atoms with Crippen molar-refractivity contribution < 1.29 is 9.59 Å². The molecule has 23 heavy (non-hydrogen) atoms. The average Bonchev–Trinajstić information content (AvgIpc) is 2.55. The van der Waals surface area contributed by atoms with E-state index in [0.29, 0.717) is 11.4 Å². The Balaban J connectivity index is 2.00. The third-order valence-electron chi connectivity index (χ3n) is 3.29. The molecule has 1 aliphatic heterocycles. The smallest absolute Gasteiger partial charge is 0.267 e. The molecule has 0 saturated carbocycles. The molecule has 1 aromatic carbocycles. The van der Waals surface area contributed by atoms with Gasteiger partial charge in [-0.05, 0) is 24.3 Å². The van der Waals surface area contributed by atoms with E-state index in [-0.39, 0.29) is 11.5 Å². The Bertz CT molecular complexity index is 639. The molecule has 0 aliphatic carbocycles. The van der Waals surface area contributed by atoms with Gasteiger partial charge in [0.25, 0.3) is 5.91 Å². The van der Waals surface area contributed by atoms with Gasteiger partial charge in [-0.3, -0.25) is 9.59 Å². The van der Waals surface area contributed by atoms with Crippen molar-refractivity contribution in [1.29, 1.82) is 5.26 Å². The van der Waals surface area contributed by atoms with Gasteiger partial charge in [0.2, 0.25) is 5.91 Å². The van der Waals surface area contributed by atoms with Crippen LogP contribution < -0.4 is 16.0 Å². The minimum atomic E-state index is -0.446. The second-order valence-corrected chi connectivity index (χ2v) is 5.15. The summed E-state index contributed by atoms with van der Waals surface area (Å²) in [7, 11) is 0. The maximum absolute atomic E-state index is 12.2. The molecule has 120 valence electrons. The molecule has 0 bridgehead atoms. The van der Waals surface area contributed by atoms with Crippen LogP contribution in [-0.2, 0) is 9.59 Å². The van der Waals surface area contributed by atoms with Crippen LogP contribution in [0.15, 0.2) is 36.0 Å². The Morgan fingerprint density at radius 2 is 1.74 bits per heavy atom. The predicted octanol–water partition coefficient (Wildman–Crippen LogP) is 0.896. The lowest BCUT2D eigenvalue weighted by Gasteiger charge is -2.26. The number of nitrogens with one attached hydrogen (secondary N) is 3. The number of benzene rings is 1. The second kappa shape index (κ2) is 7.96. The van der Waals surface area contributed by atoms with Gasteiger partial charge in [-0.25, -0.2) is 0 Å². The molecule has 0 aromatic heterocycles. The van der Waals surface area contributed by atoms with E-state index in [2.05, 4.69) is 16.0 Å². The minimum absolute atomic E-state index is 0.0674. The van der Waals surface area contributed by atoms with Crippen LogP contribution in [0.3, 0.4) is 0 Å². The summed E-state index contributed by atoms with van der Waals surface area (Å²) in [4.78, 5) is 25.1. The van der Waals surface area contributed by atoms with Crippen LogP contribution in [0, 0.1) is 11.3 Å². The van der Waals surface area contributed by atoms with Gasteiger partial charge in [-0.1, -0.05) is 0 Å². The van der Waals surface area contributed by atoms with E-state index in [9.17, 15) is 14.9 Å². The summed E-state index contributed by atoms with van der Waals surface area (Å²) >= 11 is 0. The third kappa shape index (κ3) is 5.13. The highest BCUT2D eigenvalue weighted by Gasteiger charge is 2.13. The molecule has 2 amide bonds. The average molecular weight is 313 g/mol. The largest absolute Gasteiger partial charge is 0.374 e. The van der Waals surface area contributed by atoms with Crippen LogP contribution in [-0.4, -0.2) is 42.9 Å². The van der Waals surface area contributed by atoms with Crippen LogP contribution in [0.4, 0.5) is 11.4 Å². The molecule has 1 aromatic rings. The second-order valence-electron chi connectivity index (χ2n) is 5.15. The van der Waals surface area contributed by atoms with Crippen LogP contribution in [0.5, 0.6) is 0 Å². The Hall–Kier alpha value is -2.85. The molecular formula is C16H19N5O2. The quantitative estimate of drug-likeness (QED) is 0.567. The molecule has 1 fully saturated rings. The molecule has 0 radical (unpaired) electrons. The fourth-order valence-electron chi connectivity index (χ4n) is 2.17.